The van der Waals surface area contributed by atoms with E-state index in [1.165, 1.54) is 0 Å². The van der Waals surface area contributed by atoms with E-state index >= 15 is 0 Å². The molecule has 5 heteroatoms. The van der Waals surface area contributed by atoms with Gasteiger partial charge in [0.2, 0.25) is 0 Å². The second kappa shape index (κ2) is 6.65. The van der Waals surface area contributed by atoms with Crippen molar-refractivity contribution in [3.8, 4) is 12.3 Å². The van der Waals surface area contributed by atoms with Gasteiger partial charge in [0.25, 0.3) is 0 Å². The zero-order valence-electron chi connectivity index (χ0n) is 12.3. The van der Waals surface area contributed by atoms with E-state index in [1.807, 2.05) is 0 Å². The minimum Gasteiger partial charge on any atom is -0.480 e. The lowest BCUT2D eigenvalue weighted by Gasteiger charge is -2.27. The molecular weight excluding hydrogens is 258 g/mol. The summed E-state index contributed by atoms with van der Waals surface area (Å²) in [6.07, 6.45) is 7.88. The van der Waals surface area contributed by atoms with Gasteiger partial charge in [-0.3, -0.25) is 0 Å². The molecule has 112 valence electrons. The smallest absolute Gasteiger partial charge is 0.408 e. The Kier molecular flexibility index (Phi) is 5.43. The Hall–Kier alpha value is -1.70. The molecule has 0 aromatic carbocycles. The molecule has 1 amide bonds. The standard InChI is InChI=1S/C15H23NO4/c1-5-6-7-8-10-9-11(10)20-14(19)16-12(13(17)18)15(2,3)4/h1,10-12H,6-9H2,2-4H3,(H,16,19)(H,17,18)/t10-,11-,12-/m0/s1. The van der Waals surface area contributed by atoms with Crippen molar-refractivity contribution in [1.82, 2.24) is 5.32 Å². The van der Waals surface area contributed by atoms with Crippen LogP contribution in [0.3, 0.4) is 0 Å². The molecule has 0 unspecified atom stereocenters. The van der Waals surface area contributed by atoms with E-state index in [0.717, 1.165) is 25.7 Å². The van der Waals surface area contributed by atoms with Crippen LogP contribution in [0.25, 0.3) is 0 Å². The van der Waals surface area contributed by atoms with Crippen LogP contribution >= 0.6 is 0 Å². The molecule has 0 aromatic rings. The third-order valence-electron chi connectivity index (χ3n) is 3.39. The third-order valence-corrected chi connectivity index (χ3v) is 3.39. The summed E-state index contributed by atoms with van der Waals surface area (Å²) >= 11 is 0. The van der Waals surface area contributed by atoms with Crippen molar-refractivity contribution in [1.29, 1.82) is 0 Å². The van der Waals surface area contributed by atoms with Crippen molar-refractivity contribution in [2.45, 2.75) is 58.6 Å². The normalized spacial score (nSPS) is 22.5. The first kappa shape index (κ1) is 16.4. The average Bonchev–Trinajstić information content (AvgIpc) is 3.03. The van der Waals surface area contributed by atoms with Gasteiger partial charge >= 0.3 is 12.1 Å². The SMILES string of the molecule is C#CCCC[C@H]1C[C@@H]1OC(=O)N[C@@H](C(=O)O)C(C)(C)C. The van der Waals surface area contributed by atoms with E-state index in [4.69, 9.17) is 16.3 Å². The fourth-order valence-electron chi connectivity index (χ4n) is 2.07. The third kappa shape index (κ3) is 5.12. The molecule has 0 radical (unpaired) electrons. The van der Waals surface area contributed by atoms with Gasteiger partial charge in [0.05, 0.1) is 0 Å². The predicted molar refractivity (Wildman–Crippen MR) is 75.1 cm³/mol. The molecule has 0 aliphatic heterocycles. The first-order chi connectivity index (χ1) is 9.25. The van der Waals surface area contributed by atoms with Crippen LogP contribution in [0, 0.1) is 23.7 Å². The summed E-state index contributed by atoms with van der Waals surface area (Å²) in [6.45, 7) is 5.27. The van der Waals surface area contributed by atoms with E-state index < -0.39 is 23.5 Å². The highest BCUT2D eigenvalue weighted by Gasteiger charge is 2.41. The molecule has 2 N–H and O–H groups in total. The Labute approximate surface area is 120 Å². The summed E-state index contributed by atoms with van der Waals surface area (Å²) in [5.41, 5.74) is -0.569. The van der Waals surface area contributed by atoms with Gasteiger partial charge in [-0.15, -0.1) is 12.3 Å². The number of carboxylic acids is 1. The summed E-state index contributed by atoms with van der Waals surface area (Å²) in [7, 11) is 0. The molecule has 20 heavy (non-hydrogen) atoms. The van der Waals surface area contributed by atoms with E-state index in [-0.39, 0.29) is 6.10 Å². The van der Waals surface area contributed by atoms with Crippen molar-refractivity contribution in [3.05, 3.63) is 0 Å². The monoisotopic (exact) mass is 281 g/mol. The first-order valence-electron chi connectivity index (χ1n) is 6.89. The molecule has 0 heterocycles. The Morgan fingerprint density at radius 1 is 1.50 bits per heavy atom. The van der Waals surface area contributed by atoms with Crippen LogP contribution in [-0.2, 0) is 9.53 Å². The first-order valence-corrected chi connectivity index (χ1v) is 6.89. The van der Waals surface area contributed by atoms with Crippen LogP contribution in [0.15, 0.2) is 0 Å². The fraction of sp³-hybridized carbons (Fsp3) is 0.733. The van der Waals surface area contributed by atoms with Crippen LogP contribution in [0.2, 0.25) is 0 Å². The summed E-state index contributed by atoms with van der Waals surface area (Å²) in [5, 5.41) is 11.5. The molecule has 0 bridgehead atoms. The number of nitrogens with one attached hydrogen (secondary N) is 1. The van der Waals surface area contributed by atoms with Gasteiger partial charge in [0.15, 0.2) is 0 Å². The average molecular weight is 281 g/mol. The van der Waals surface area contributed by atoms with Crippen LogP contribution in [0.1, 0.15) is 46.5 Å². The Morgan fingerprint density at radius 2 is 2.15 bits per heavy atom. The second-order valence-electron chi connectivity index (χ2n) is 6.32. The van der Waals surface area contributed by atoms with Crippen molar-refractivity contribution in [2.24, 2.45) is 11.3 Å². The van der Waals surface area contributed by atoms with Crippen molar-refractivity contribution in [3.63, 3.8) is 0 Å². The van der Waals surface area contributed by atoms with E-state index in [2.05, 4.69) is 11.2 Å². The topological polar surface area (TPSA) is 75.6 Å². The van der Waals surface area contributed by atoms with Gasteiger partial charge in [-0.1, -0.05) is 20.8 Å². The minimum absolute atomic E-state index is 0.0952. The maximum atomic E-state index is 11.7. The number of carbonyl (C=O) groups is 2. The molecule has 1 aliphatic rings. The molecule has 1 fully saturated rings. The zero-order chi connectivity index (χ0) is 15.3. The van der Waals surface area contributed by atoms with Crippen LogP contribution in [0.4, 0.5) is 4.79 Å². The number of rotatable bonds is 6. The summed E-state index contributed by atoms with van der Waals surface area (Å²) in [5.74, 6) is 1.88. The molecule has 3 atom stereocenters. The number of ether oxygens (including phenoxy) is 1. The number of aliphatic carboxylic acids is 1. The van der Waals surface area contributed by atoms with Gasteiger partial charge in [0, 0.05) is 6.42 Å². The maximum absolute atomic E-state index is 11.7. The number of hydrogen-bond donors (Lipinski definition) is 2. The number of amides is 1. The predicted octanol–water partition coefficient (Wildman–Crippen LogP) is 2.40. The van der Waals surface area contributed by atoms with Crippen LogP contribution in [-0.4, -0.2) is 29.3 Å². The molecule has 0 saturated heterocycles. The highest BCUT2D eigenvalue weighted by Crippen LogP contribution is 2.38. The largest absolute Gasteiger partial charge is 0.480 e. The zero-order valence-corrected chi connectivity index (χ0v) is 12.3. The number of terminal acetylenes is 1. The Bertz CT molecular complexity index is 405. The molecule has 1 aliphatic carbocycles. The number of alkyl carbamates (subject to hydrolysis) is 1. The molecule has 0 spiro atoms. The number of hydrogen-bond acceptors (Lipinski definition) is 3. The molecule has 5 nitrogen and oxygen atoms in total. The lowest BCUT2D eigenvalue weighted by atomic mass is 9.87. The molecule has 1 rings (SSSR count). The van der Waals surface area contributed by atoms with Gasteiger partial charge in [-0.05, 0) is 30.6 Å². The van der Waals surface area contributed by atoms with Crippen LogP contribution < -0.4 is 5.32 Å². The molecule has 1 saturated carbocycles. The number of carboxylic acid groups (broad SMARTS) is 1. The van der Waals surface area contributed by atoms with Gasteiger partial charge in [0.1, 0.15) is 12.1 Å². The van der Waals surface area contributed by atoms with Crippen LogP contribution in [0.5, 0.6) is 0 Å². The van der Waals surface area contributed by atoms with Crippen molar-refractivity contribution in [2.75, 3.05) is 0 Å². The van der Waals surface area contributed by atoms with E-state index in [1.54, 1.807) is 20.8 Å². The minimum atomic E-state index is -1.06. The number of unbranched alkanes of at least 4 members (excludes halogenated alkanes) is 1. The number of carbonyl (C=O) groups excluding carboxylic acids is 1. The van der Waals surface area contributed by atoms with Gasteiger partial charge in [-0.2, -0.15) is 0 Å². The highest BCUT2D eigenvalue weighted by molar-refractivity contribution is 5.80. The summed E-state index contributed by atoms with van der Waals surface area (Å²) < 4.78 is 5.22. The second-order valence-corrected chi connectivity index (χ2v) is 6.32. The quantitative estimate of drug-likeness (QED) is 0.579. The van der Waals surface area contributed by atoms with Gasteiger partial charge in [-0.25, -0.2) is 9.59 Å². The maximum Gasteiger partial charge on any atom is 0.408 e. The Morgan fingerprint density at radius 3 is 2.65 bits per heavy atom. The van der Waals surface area contributed by atoms with E-state index in [0.29, 0.717) is 5.92 Å². The molecule has 0 aromatic heterocycles. The Balaban J connectivity index is 2.34. The lowest BCUT2D eigenvalue weighted by Crippen LogP contribution is -2.49. The summed E-state index contributed by atoms with van der Waals surface area (Å²) in [6, 6.07) is -0.964. The van der Waals surface area contributed by atoms with E-state index in [9.17, 15) is 9.59 Å². The van der Waals surface area contributed by atoms with Crippen molar-refractivity contribution >= 4 is 12.1 Å². The van der Waals surface area contributed by atoms with Crippen molar-refractivity contribution < 1.29 is 19.4 Å². The van der Waals surface area contributed by atoms with Gasteiger partial charge < -0.3 is 15.2 Å². The molecular formula is C15H23NO4. The fourth-order valence-corrected chi connectivity index (χ4v) is 2.07. The lowest BCUT2D eigenvalue weighted by molar-refractivity contribution is -0.142. The summed E-state index contributed by atoms with van der Waals surface area (Å²) in [4.78, 5) is 22.8. The highest BCUT2D eigenvalue weighted by atomic mass is 16.6.